The molecule has 0 amide bonds. The second kappa shape index (κ2) is 6.02. The van der Waals surface area contributed by atoms with Gasteiger partial charge in [-0.05, 0) is 50.4 Å². The van der Waals surface area contributed by atoms with Gasteiger partial charge < -0.3 is 5.32 Å². The van der Waals surface area contributed by atoms with Gasteiger partial charge in [-0.2, -0.15) is 0 Å². The summed E-state index contributed by atoms with van der Waals surface area (Å²) in [5.41, 5.74) is 1.75. The molecule has 19 heavy (non-hydrogen) atoms. The number of nitrogens with zero attached hydrogens (tertiary/aromatic N) is 2. The van der Waals surface area contributed by atoms with E-state index in [-0.39, 0.29) is 0 Å². The Morgan fingerprint density at radius 1 is 1.47 bits per heavy atom. The van der Waals surface area contributed by atoms with Crippen LogP contribution in [0.4, 0.5) is 0 Å². The summed E-state index contributed by atoms with van der Waals surface area (Å²) in [6.07, 6.45) is 7.65. The Morgan fingerprint density at radius 2 is 2.26 bits per heavy atom. The lowest BCUT2D eigenvalue weighted by molar-refractivity contribution is 0.0804. The molecule has 2 rings (SSSR count). The van der Waals surface area contributed by atoms with Gasteiger partial charge in [-0.1, -0.05) is 19.9 Å². The number of rotatable bonds is 4. The molecule has 0 saturated heterocycles. The van der Waals surface area contributed by atoms with Crippen molar-refractivity contribution in [2.45, 2.75) is 51.7 Å². The van der Waals surface area contributed by atoms with Crippen LogP contribution in [0.2, 0.25) is 0 Å². The third-order valence-electron chi connectivity index (χ3n) is 4.45. The van der Waals surface area contributed by atoms with Crippen LogP contribution in [0.5, 0.6) is 0 Å². The monoisotopic (exact) mass is 261 g/mol. The van der Waals surface area contributed by atoms with Crippen LogP contribution in [0, 0.1) is 5.41 Å². The molecule has 1 N–H and O–H groups in total. The maximum Gasteiger partial charge on any atom is 0.0312 e. The molecule has 1 saturated carbocycles. The van der Waals surface area contributed by atoms with E-state index in [1.165, 1.54) is 24.8 Å². The number of nitrogens with one attached hydrogen (secondary N) is 1. The highest BCUT2D eigenvalue weighted by atomic mass is 15.2. The van der Waals surface area contributed by atoms with Gasteiger partial charge in [0.15, 0.2) is 0 Å². The second-order valence-corrected chi connectivity index (χ2v) is 6.65. The van der Waals surface area contributed by atoms with Crippen molar-refractivity contribution in [3.8, 4) is 0 Å². The maximum atomic E-state index is 4.21. The van der Waals surface area contributed by atoms with Crippen molar-refractivity contribution in [3.05, 3.63) is 30.1 Å². The molecule has 0 radical (unpaired) electrons. The van der Waals surface area contributed by atoms with E-state index < -0.39 is 0 Å². The van der Waals surface area contributed by atoms with E-state index in [4.69, 9.17) is 0 Å². The first-order chi connectivity index (χ1) is 9.02. The van der Waals surface area contributed by atoms with Crippen molar-refractivity contribution < 1.29 is 0 Å². The Morgan fingerprint density at radius 3 is 2.89 bits per heavy atom. The number of hydrogen-bond donors (Lipinski definition) is 1. The minimum atomic E-state index is 0.460. The van der Waals surface area contributed by atoms with Gasteiger partial charge in [0.1, 0.15) is 0 Å². The van der Waals surface area contributed by atoms with Gasteiger partial charge in [-0.25, -0.2) is 0 Å². The van der Waals surface area contributed by atoms with Crippen molar-refractivity contribution in [2.75, 3.05) is 14.1 Å². The molecule has 1 aromatic heterocycles. The van der Waals surface area contributed by atoms with Gasteiger partial charge >= 0.3 is 0 Å². The van der Waals surface area contributed by atoms with Crippen molar-refractivity contribution >= 4 is 0 Å². The molecule has 2 unspecified atom stereocenters. The highest BCUT2D eigenvalue weighted by molar-refractivity contribution is 5.08. The minimum Gasteiger partial charge on any atom is -0.315 e. The highest BCUT2D eigenvalue weighted by Gasteiger charge is 2.36. The normalized spacial score (nSPS) is 26.6. The summed E-state index contributed by atoms with van der Waals surface area (Å²) in [6, 6.07) is 5.39. The van der Waals surface area contributed by atoms with Crippen LogP contribution in [-0.4, -0.2) is 36.1 Å². The smallest absolute Gasteiger partial charge is 0.0312 e. The van der Waals surface area contributed by atoms with E-state index in [0.29, 0.717) is 17.5 Å². The molecule has 0 aliphatic heterocycles. The standard InChI is InChI=1S/C16H27N3/c1-16(2)8-7-14(17-3)15(10-16)19(4)12-13-6-5-9-18-11-13/h5-6,9,11,14-15,17H,7-8,10,12H2,1-4H3. The molecule has 0 bridgehead atoms. The number of hydrogen-bond acceptors (Lipinski definition) is 3. The number of pyridine rings is 1. The molecule has 1 aliphatic carbocycles. The van der Waals surface area contributed by atoms with Crippen LogP contribution in [0.15, 0.2) is 24.5 Å². The largest absolute Gasteiger partial charge is 0.315 e. The fraction of sp³-hybridized carbons (Fsp3) is 0.688. The lowest BCUT2D eigenvalue weighted by Gasteiger charge is -2.44. The number of likely N-dealkylation sites (N-methyl/N-ethyl adjacent to an activating group) is 2. The third-order valence-corrected chi connectivity index (χ3v) is 4.45. The average molecular weight is 261 g/mol. The second-order valence-electron chi connectivity index (χ2n) is 6.65. The van der Waals surface area contributed by atoms with E-state index >= 15 is 0 Å². The predicted octanol–water partition coefficient (Wildman–Crippen LogP) is 2.68. The summed E-state index contributed by atoms with van der Waals surface area (Å²) in [4.78, 5) is 6.69. The molecular formula is C16H27N3. The fourth-order valence-corrected chi connectivity index (χ4v) is 3.25. The van der Waals surface area contributed by atoms with E-state index in [9.17, 15) is 0 Å². The van der Waals surface area contributed by atoms with E-state index in [1.54, 1.807) is 0 Å². The first kappa shape index (κ1) is 14.5. The Balaban J connectivity index is 2.04. The van der Waals surface area contributed by atoms with Gasteiger partial charge in [0, 0.05) is 31.0 Å². The molecule has 0 aromatic carbocycles. The number of aromatic nitrogens is 1. The van der Waals surface area contributed by atoms with Gasteiger partial charge in [-0.3, -0.25) is 9.88 Å². The lowest BCUT2D eigenvalue weighted by Crippen LogP contribution is -2.52. The Labute approximate surface area is 117 Å². The summed E-state index contributed by atoms with van der Waals surface area (Å²) < 4.78 is 0. The molecule has 1 aromatic rings. The summed E-state index contributed by atoms with van der Waals surface area (Å²) in [5, 5.41) is 3.50. The summed E-state index contributed by atoms with van der Waals surface area (Å²) in [7, 11) is 4.33. The van der Waals surface area contributed by atoms with Crippen molar-refractivity contribution in [3.63, 3.8) is 0 Å². The zero-order valence-electron chi connectivity index (χ0n) is 12.7. The van der Waals surface area contributed by atoms with Gasteiger partial charge in [0.2, 0.25) is 0 Å². The zero-order chi connectivity index (χ0) is 13.9. The molecule has 106 valence electrons. The maximum absolute atomic E-state index is 4.21. The van der Waals surface area contributed by atoms with Crippen LogP contribution >= 0.6 is 0 Å². The molecular weight excluding hydrogens is 234 g/mol. The summed E-state index contributed by atoms with van der Waals surface area (Å²) in [6.45, 7) is 5.76. The molecule has 1 aliphatic rings. The molecule has 3 nitrogen and oxygen atoms in total. The first-order valence-electron chi connectivity index (χ1n) is 7.28. The van der Waals surface area contributed by atoms with Crippen molar-refractivity contribution in [1.29, 1.82) is 0 Å². The van der Waals surface area contributed by atoms with Gasteiger partial charge in [0.25, 0.3) is 0 Å². The predicted molar refractivity (Wildman–Crippen MR) is 80.0 cm³/mol. The molecule has 1 fully saturated rings. The molecule has 2 atom stereocenters. The van der Waals surface area contributed by atoms with Crippen molar-refractivity contribution in [2.24, 2.45) is 5.41 Å². The SMILES string of the molecule is CNC1CCC(C)(C)CC1N(C)Cc1cccnc1. The molecule has 3 heteroatoms. The highest BCUT2D eigenvalue weighted by Crippen LogP contribution is 2.37. The zero-order valence-corrected chi connectivity index (χ0v) is 12.7. The summed E-state index contributed by atoms with van der Waals surface area (Å²) >= 11 is 0. The third kappa shape index (κ3) is 3.77. The Hall–Kier alpha value is -0.930. The van der Waals surface area contributed by atoms with E-state index in [1.807, 2.05) is 18.5 Å². The molecule has 0 spiro atoms. The fourth-order valence-electron chi connectivity index (χ4n) is 3.25. The molecule has 1 heterocycles. The first-order valence-corrected chi connectivity index (χ1v) is 7.28. The quantitative estimate of drug-likeness (QED) is 0.903. The van der Waals surface area contributed by atoms with Crippen LogP contribution < -0.4 is 5.32 Å². The Bertz CT molecular complexity index is 388. The van der Waals surface area contributed by atoms with Gasteiger partial charge in [0.05, 0.1) is 0 Å². The van der Waals surface area contributed by atoms with Crippen LogP contribution in [-0.2, 0) is 6.54 Å². The average Bonchev–Trinajstić information content (AvgIpc) is 2.39. The van der Waals surface area contributed by atoms with Crippen LogP contribution in [0.1, 0.15) is 38.7 Å². The Kier molecular flexibility index (Phi) is 4.58. The van der Waals surface area contributed by atoms with E-state index in [0.717, 1.165) is 6.54 Å². The van der Waals surface area contributed by atoms with Gasteiger partial charge in [-0.15, -0.1) is 0 Å². The van der Waals surface area contributed by atoms with Crippen molar-refractivity contribution in [1.82, 2.24) is 15.2 Å². The summed E-state index contributed by atoms with van der Waals surface area (Å²) in [5.74, 6) is 0. The lowest BCUT2D eigenvalue weighted by atomic mass is 9.72. The van der Waals surface area contributed by atoms with Crippen LogP contribution in [0.25, 0.3) is 0 Å². The topological polar surface area (TPSA) is 28.2 Å². The minimum absolute atomic E-state index is 0.460. The van der Waals surface area contributed by atoms with E-state index in [2.05, 4.69) is 49.2 Å². The van der Waals surface area contributed by atoms with Crippen LogP contribution in [0.3, 0.4) is 0 Å².